The van der Waals surface area contributed by atoms with Crippen LogP contribution in [0.1, 0.15) is 6.92 Å². The first-order valence-electron chi connectivity index (χ1n) is 3.57. The summed E-state index contributed by atoms with van der Waals surface area (Å²) in [5, 5.41) is 8.32. The summed E-state index contributed by atoms with van der Waals surface area (Å²) in [5.41, 5.74) is 0.774. The predicted molar refractivity (Wildman–Crippen MR) is 49.9 cm³/mol. The van der Waals surface area contributed by atoms with Gasteiger partial charge in [-0.15, -0.1) is 0 Å². The minimum atomic E-state index is -0.955. The number of carboxylic acid groups (broad SMARTS) is 1. The average Bonchev–Trinajstić information content (AvgIpc) is 2.05. The van der Waals surface area contributed by atoms with E-state index in [-0.39, 0.29) is 0 Å². The van der Waals surface area contributed by atoms with Crippen molar-refractivity contribution in [3.8, 4) is 0 Å². The summed E-state index contributed by atoms with van der Waals surface area (Å²) in [6.07, 6.45) is 9.64. The zero-order valence-electron chi connectivity index (χ0n) is 7.03. The van der Waals surface area contributed by atoms with E-state index in [0.29, 0.717) is 0 Å². The molecule has 0 rings (SSSR count). The van der Waals surface area contributed by atoms with Gasteiger partial charge in [-0.1, -0.05) is 30.9 Å². The summed E-state index contributed by atoms with van der Waals surface area (Å²) >= 11 is 0. The van der Waals surface area contributed by atoms with E-state index in [1.807, 2.05) is 19.1 Å². The van der Waals surface area contributed by atoms with Gasteiger partial charge in [0.25, 0.3) is 0 Å². The smallest absolute Gasteiger partial charge is 0.328 e. The van der Waals surface area contributed by atoms with E-state index in [9.17, 15) is 4.79 Å². The molecule has 1 N–H and O–H groups in total. The topological polar surface area (TPSA) is 37.3 Å². The van der Waals surface area contributed by atoms with E-state index in [2.05, 4.69) is 6.58 Å². The summed E-state index contributed by atoms with van der Waals surface area (Å²) in [4.78, 5) is 10.1. The van der Waals surface area contributed by atoms with Gasteiger partial charge in [0.2, 0.25) is 0 Å². The molecular weight excluding hydrogens is 152 g/mol. The number of carboxylic acids is 1. The third-order valence-electron chi connectivity index (χ3n) is 1.14. The molecule has 2 heteroatoms. The number of carbonyl (C=O) groups is 1. The van der Waals surface area contributed by atoms with Crippen LogP contribution in [0.15, 0.2) is 48.6 Å². The molecule has 0 radical (unpaired) electrons. The molecule has 0 aromatic carbocycles. The quantitative estimate of drug-likeness (QED) is 0.511. The van der Waals surface area contributed by atoms with E-state index in [4.69, 9.17) is 5.11 Å². The molecule has 2 nitrogen and oxygen atoms in total. The molecule has 0 heterocycles. The molecule has 0 unspecified atom stereocenters. The van der Waals surface area contributed by atoms with Crippen LogP contribution in [0, 0.1) is 0 Å². The van der Waals surface area contributed by atoms with Crippen LogP contribution in [0.2, 0.25) is 0 Å². The van der Waals surface area contributed by atoms with Gasteiger partial charge >= 0.3 is 5.97 Å². The largest absolute Gasteiger partial charge is 0.478 e. The fraction of sp³-hybridized carbons (Fsp3) is 0.100. The zero-order valence-corrected chi connectivity index (χ0v) is 7.03. The summed E-state index contributed by atoms with van der Waals surface area (Å²) < 4.78 is 0. The lowest BCUT2D eigenvalue weighted by Crippen LogP contribution is -1.85. The van der Waals surface area contributed by atoms with E-state index >= 15 is 0 Å². The maximum atomic E-state index is 10.1. The van der Waals surface area contributed by atoms with Crippen molar-refractivity contribution in [1.29, 1.82) is 0 Å². The van der Waals surface area contributed by atoms with Gasteiger partial charge < -0.3 is 5.11 Å². The maximum absolute atomic E-state index is 10.1. The monoisotopic (exact) mass is 164 g/mol. The Morgan fingerprint density at radius 1 is 1.42 bits per heavy atom. The van der Waals surface area contributed by atoms with Crippen LogP contribution in [0.3, 0.4) is 0 Å². The number of aliphatic carboxylic acids is 1. The minimum Gasteiger partial charge on any atom is -0.478 e. The Kier molecular flexibility index (Phi) is 5.35. The second kappa shape index (κ2) is 6.16. The highest BCUT2D eigenvalue weighted by Crippen LogP contribution is 1.98. The second-order valence-corrected chi connectivity index (χ2v) is 2.07. The summed E-state index contributed by atoms with van der Waals surface area (Å²) in [6, 6.07) is 0. The van der Waals surface area contributed by atoms with Crippen LogP contribution in [0.5, 0.6) is 0 Å². The third kappa shape index (κ3) is 5.23. The van der Waals surface area contributed by atoms with Gasteiger partial charge in [-0.3, -0.25) is 0 Å². The van der Waals surface area contributed by atoms with Crippen molar-refractivity contribution in [2.45, 2.75) is 6.92 Å². The van der Waals surface area contributed by atoms with Gasteiger partial charge in [0.05, 0.1) is 0 Å². The zero-order chi connectivity index (χ0) is 9.40. The molecule has 0 saturated heterocycles. The average molecular weight is 164 g/mol. The highest BCUT2D eigenvalue weighted by molar-refractivity contribution is 5.80. The highest BCUT2D eigenvalue weighted by Gasteiger charge is 1.86. The lowest BCUT2D eigenvalue weighted by molar-refractivity contribution is -0.131. The van der Waals surface area contributed by atoms with Crippen LogP contribution in [0.4, 0.5) is 0 Å². The van der Waals surface area contributed by atoms with Crippen molar-refractivity contribution in [3.05, 3.63) is 48.6 Å². The number of hydrogen-bond acceptors (Lipinski definition) is 1. The van der Waals surface area contributed by atoms with E-state index in [1.165, 1.54) is 6.08 Å². The van der Waals surface area contributed by atoms with Crippen molar-refractivity contribution in [1.82, 2.24) is 0 Å². The molecule has 0 aliphatic rings. The highest BCUT2D eigenvalue weighted by atomic mass is 16.4. The molecule has 12 heavy (non-hydrogen) atoms. The van der Waals surface area contributed by atoms with E-state index in [1.54, 1.807) is 12.2 Å². The first kappa shape index (κ1) is 10.4. The molecule has 0 bridgehead atoms. The molecule has 0 atom stereocenters. The lowest BCUT2D eigenvalue weighted by atomic mass is 10.2. The second-order valence-electron chi connectivity index (χ2n) is 2.07. The number of rotatable bonds is 4. The predicted octanol–water partition coefficient (Wildman–Crippen LogP) is 2.32. The molecule has 0 aromatic heterocycles. The summed E-state index contributed by atoms with van der Waals surface area (Å²) in [5.74, 6) is -0.955. The van der Waals surface area contributed by atoms with Crippen molar-refractivity contribution < 1.29 is 9.90 Å². The van der Waals surface area contributed by atoms with Gasteiger partial charge in [-0.05, 0) is 18.6 Å². The molecule has 0 amide bonds. The molecular formula is C10H12O2. The maximum Gasteiger partial charge on any atom is 0.328 e. The van der Waals surface area contributed by atoms with Gasteiger partial charge in [0.15, 0.2) is 0 Å². The Balaban J connectivity index is 4.36. The Hall–Kier alpha value is -1.57. The fourth-order valence-corrected chi connectivity index (χ4v) is 0.566. The van der Waals surface area contributed by atoms with Gasteiger partial charge in [-0.25, -0.2) is 4.79 Å². The number of allylic oxidation sites excluding steroid dienone is 6. The minimum absolute atomic E-state index is 0.774. The van der Waals surface area contributed by atoms with Crippen LogP contribution in [0.25, 0.3) is 0 Å². The molecule has 0 aliphatic heterocycles. The van der Waals surface area contributed by atoms with E-state index < -0.39 is 5.97 Å². The van der Waals surface area contributed by atoms with Crippen LogP contribution >= 0.6 is 0 Å². The van der Waals surface area contributed by atoms with Gasteiger partial charge in [0, 0.05) is 6.08 Å². The molecule has 0 spiro atoms. The van der Waals surface area contributed by atoms with Gasteiger partial charge in [-0.2, -0.15) is 0 Å². The normalized spacial score (nSPS) is 12.6. The van der Waals surface area contributed by atoms with Crippen LogP contribution in [-0.2, 0) is 4.79 Å². The third-order valence-corrected chi connectivity index (χ3v) is 1.14. The van der Waals surface area contributed by atoms with Crippen LogP contribution in [-0.4, -0.2) is 11.1 Å². The Morgan fingerprint density at radius 2 is 2.08 bits per heavy atom. The Bertz CT molecular complexity index is 245. The van der Waals surface area contributed by atoms with Crippen molar-refractivity contribution in [2.24, 2.45) is 0 Å². The molecule has 0 saturated carbocycles. The molecule has 0 aromatic rings. The Morgan fingerprint density at radius 3 is 2.50 bits per heavy atom. The summed E-state index contributed by atoms with van der Waals surface area (Å²) in [6.45, 7) is 5.43. The van der Waals surface area contributed by atoms with Crippen molar-refractivity contribution in [2.75, 3.05) is 0 Å². The SMILES string of the molecule is C=CC(C=CC(=O)O)=CC=CC. The molecule has 0 fully saturated rings. The first-order valence-corrected chi connectivity index (χ1v) is 3.57. The lowest BCUT2D eigenvalue weighted by Gasteiger charge is -1.87. The molecule has 0 aliphatic carbocycles. The van der Waals surface area contributed by atoms with Crippen LogP contribution < -0.4 is 0 Å². The summed E-state index contributed by atoms with van der Waals surface area (Å²) in [7, 11) is 0. The molecule has 64 valence electrons. The Labute approximate surface area is 72.2 Å². The van der Waals surface area contributed by atoms with Gasteiger partial charge in [0.1, 0.15) is 0 Å². The standard InChI is InChI=1S/C10H12O2/c1-3-5-6-9(4-2)7-8-10(11)12/h3-8H,2H2,1H3,(H,11,12). The van der Waals surface area contributed by atoms with E-state index in [0.717, 1.165) is 11.6 Å². The fourth-order valence-electron chi connectivity index (χ4n) is 0.566. The number of hydrogen-bond donors (Lipinski definition) is 1. The first-order chi connectivity index (χ1) is 5.70. The van der Waals surface area contributed by atoms with Crippen molar-refractivity contribution in [3.63, 3.8) is 0 Å². The van der Waals surface area contributed by atoms with Crippen molar-refractivity contribution >= 4 is 5.97 Å².